The van der Waals surface area contributed by atoms with Crippen molar-refractivity contribution in [3.8, 4) is 17.3 Å². The number of anilines is 2. The van der Waals surface area contributed by atoms with Gasteiger partial charge in [-0.2, -0.15) is 0 Å². The molecule has 4 aromatic heterocycles. The van der Waals surface area contributed by atoms with Gasteiger partial charge in [0.15, 0.2) is 17.2 Å². The van der Waals surface area contributed by atoms with Crippen molar-refractivity contribution in [2.75, 3.05) is 11.1 Å². The van der Waals surface area contributed by atoms with Gasteiger partial charge >= 0.3 is 0 Å². The minimum atomic E-state index is -1.34. The standard InChI is InChI=1S/C25H18ClFN8O2/c1-25(18-9-13(26)17(36)10-30-18)19-20(28)32-21(33-22(19)34-24(25)37)16-11-35-7-6-29-23(35)15(31-16)8-12-4-2-3-5-14(12)27/h2-7,9-11,36H,8H2,1H3,(H3,28,32,33,34,37)/t25-/m0/s1. The molecule has 0 spiro atoms. The third kappa shape index (κ3) is 3.54. The third-order valence-electron chi connectivity index (χ3n) is 6.46. The lowest BCUT2D eigenvalue weighted by atomic mass is 9.81. The van der Waals surface area contributed by atoms with Crippen molar-refractivity contribution >= 4 is 34.8 Å². The third-order valence-corrected chi connectivity index (χ3v) is 6.76. The fourth-order valence-corrected chi connectivity index (χ4v) is 4.66. The maximum atomic E-state index is 14.4. The molecule has 1 amide bonds. The normalized spacial score (nSPS) is 16.7. The van der Waals surface area contributed by atoms with Crippen molar-refractivity contribution < 1.29 is 14.3 Å². The van der Waals surface area contributed by atoms with Crippen molar-refractivity contribution in [2.45, 2.75) is 18.8 Å². The Morgan fingerprint density at radius 1 is 1.22 bits per heavy atom. The van der Waals surface area contributed by atoms with E-state index in [1.165, 1.54) is 18.3 Å². The van der Waals surface area contributed by atoms with Crippen molar-refractivity contribution in [1.82, 2.24) is 29.3 Å². The number of halogens is 2. The lowest BCUT2D eigenvalue weighted by Gasteiger charge is -2.22. The number of nitrogens with one attached hydrogen (secondary N) is 1. The van der Waals surface area contributed by atoms with Crippen molar-refractivity contribution in [2.24, 2.45) is 0 Å². The average molecular weight is 517 g/mol. The number of aromatic nitrogens is 6. The summed E-state index contributed by atoms with van der Waals surface area (Å²) in [6, 6.07) is 7.86. The largest absolute Gasteiger partial charge is 0.505 e. The number of benzene rings is 1. The van der Waals surface area contributed by atoms with Gasteiger partial charge in [0.05, 0.1) is 28.2 Å². The van der Waals surface area contributed by atoms with Gasteiger partial charge in [-0.15, -0.1) is 0 Å². The number of nitrogens with two attached hydrogens (primary N) is 1. The van der Waals surface area contributed by atoms with Crippen LogP contribution in [-0.2, 0) is 16.6 Å². The van der Waals surface area contributed by atoms with Gasteiger partial charge in [-0.25, -0.2) is 24.3 Å². The monoisotopic (exact) mass is 516 g/mol. The molecule has 1 aliphatic heterocycles. The van der Waals surface area contributed by atoms with Crippen LogP contribution in [0.25, 0.3) is 17.2 Å². The summed E-state index contributed by atoms with van der Waals surface area (Å²) in [5, 5.41) is 12.6. The number of carbonyl (C=O) groups excluding carboxylic acids is 1. The number of imidazole rings is 1. The van der Waals surface area contributed by atoms with E-state index in [2.05, 4.69) is 30.2 Å². The first-order chi connectivity index (χ1) is 17.8. The second-order valence-corrected chi connectivity index (χ2v) is 9.16. The SMILES string of the molecule is C[C@@]1(c2cc(Cl)c(O)cn2)C(=O)Nc2nc(-c3cn4ccnc4c(Cc4ccccc4F)n3)nc(N)c21. The van der Waals surface area contributed by atoms with Crippen molar-refractivity contribution in [3.63, 3.8) is 0 Å². The lowest BCUT2D eigenvalue weighted by Crippen LogP contribution is -2.34. The van der Waals surface area contributed by atoms with Gasteiger partial charge in [0.25, 0.3) is 0 Å². The van der Waals surface area contributed by atoms with E-state index >= 15 is 0 Å². The molecule has 0 fully saturated rings. The van der Waals surface area contributed by atoms with Crippen molar-refractivity contribution in [1.29, 1.82) is 0 Å². The van der Waals surface area contributed by atoms with Crippen LogP contribution in [0, 0.1) is 5.82 Å². The van der Waals surface area contributed by atoms with Crippen LogP contribution in [0.15, 0.2) is 55.1 Å². The lowest BCUT2D eigenvalue weighted by molar-refractivity contribution is -0.119. The molecule has 5 aromatic rings. The Kier molecular flexibility index (Phi) is 5.06. The predicted octanol–water partition coefficient (Wildman–Crippen LogP) is 3.51. The van der Waals surface area contributed by atoms with Crippen molar-refractivity contribution in [3.05, 3.63) is 88.5 Å². The van der Waals surface area contributed by atoms with Crippen LogP contribution < -0.4 is 11.1 Å². The van der Waals surface area contributed by atoms with Gasteiger partial charge in [0.1, 0.15) is 28.6 Å². The molecule has 0 aliphatic carbocycles. The maximum absolute atomic E-state index is 14.4. The molecule has 10 nitrogen and oxygen atoms in total. The number of nitrogens with zero attached hydrogens (tertiary/aromatic N) is 6. The number of amides is 1. The van der Waals surface area contributed by atoms with E-state index in [0.29, 0.717) is 28.2 Å². The van der Waals surface area contributed by atoms with Crippen LogP contribution in [0.4, 0.5) is 16.0 Å². The van der Waals surface area contributed by atoms with Gasteiger partial charge < -0.3 is 20.6 Å². The molecule has 1 aromatic carbocycles. The summed E-state index contributed by atoms with van der Waals surface area (Å²) >= 11 is 6.07. The van der Waals surface area contributed by atoms with E-state index in [4.69, 9.17) is 17.3 Å². The molecule has 6 rings (SSSR count). The van der Waals surface area contributed by atoms with Crippen LogP contribution in [-0.4, -0.2) is 40.3 Å². The molecule has 12 heteroatoms. The zero-order chi connectivity index (χ0) is 25.9. The number of pyridine rings is 1. The van der Waals surface area contributed by atoms with Crippen LogP contribution in [0.1, 0.15) is 29.4 Å². The van der Waals surface area contributed by atoms with E-state index < -0.39 is 11.3 Å². The summed E-state index contributed by atoms with van der Waals surface area (Å²) in [5.74, 6) is -0.544. The predicted molar refractivity (Wildman–Crippen MR) is 134 cm³/mol. The van der Waals surface area contributed by atoms with E-state index in [9.17, 15) is 14.3 Å². The van der Waals surface area contributed by atoms with E-state index in [0.717, 1.165) is 0 Å². The number of rotatable bonds is 4. The van der Waals surface area contributed by atoms with Crippen LogP contribution in [0.2, 0.25) is 5.02 Å². The Labute approximate surface area is 214 Å². The summed E-state index contributed by atoms with van der Waals surface area (Å²) in [6.07, 6.45) is 6.41. The molecule has 0 radical (unpaired) electrons. The highest BCUT2D eigenvalue weighted by Crippen LogP contribution is 2.45. The first-order valence-electron chi connectivity index (χ1n) is 11.2. The summed E-state index contributed by atoms with van der Waals surface area (Å²) < 4.78 is 16.1. The highest BCUT2D eigenvalue weighted by Gasteiger charge is 2.49. The zero-order valence-electron chi connectivity index (χ0n) is 19.3. The van der Waals surface area contributed by atoms with E-state index in [1.54, 1.807) is 48.1 Å². The Morgan fingerprint density at radius 3 is 2.81 bits per heavy atom. The Balaban J connectivity index is 1.47. The van der Waals surface area contributed by atoms with Gasteiger partial charge in [0, 0.05) is 25.0 Å². The number of carbonyl (C=O) groups is 1. The molecule has 4 N–H and O–H groups in total. The van der Waals surface area contributed by atoms with Crippen LogP contribution in [0.3, 0.4) is 0 Å². The minimum Gasteiger partial charge on any atom is -0.505 e. The highest BCUT2D eigenvalue weighted by atomic mass is 35.5. The van der Waals surface area contributed by atoms with Gasteiger partial charge in [-0.3, -0.25) is 9.78 Å². The molecule has 0 bridgehead atoms. The fraction of sp³-hybridized carbons (Fsp3) is 0.120. The number of hydrogen-bond acceptors (Lipinski definition) is 8. The average Bonchev–Trinajstić information content (AvgIpc) is 3.45. The molecule has 0 saturated heterocycles. The van der Waals surface area contributed by atoms with Crippen LogP contribution >= 0.6 is 11.6 Å². The van der Waals surface area contributed by atoms with E-state index in [1.807, 2.05) is 0 Å². The maximum Gasteiger partial charge on any atom is 0.242 e. The number of hydrogen-bond donors (Lipinski definition) is 3. The van der Waals surface area contributed by atoms with Gasteiger partial charge in [-0.1, -0.05) is 29.8 Å². The first-order valence-corrected chi connectivity index (χ1v) is 11.5. The zero-order valence-corrected chi connectivity index (χ0v) is 20.0. The smallest absolute Gasteiger partial charge is 0.242 e. The molecule has 1 atom stereocenters. The van der Waals surface area contributed by atoms with Gasteiger partial charge in [-0.05, 0) is 24.6 Å². The second kappa shape index (κ2) is 8.20. The Bertz CT molecular complexity index is 1740. The summed E-state index contributed by atoms with van der Waals surface area (Å²) in [4.78, 5) is 35.4. The number of aromatic hydroxyl groups is 1. The second-order valence-electron chi connectivity index (χ2n) is 8.76. The summed E-state index contributed by atoms with van der Waals surface area (Å²) in [5.41, 5.74) is 7.57. The quantitative estimate of drug-likeness (QED) is 0.329. The first kappa shape index (κ1) is 22.8. The molecule has 0 unspecified atom stereocenters. The number of fused-ring (bicyclic) bond motifs is 2. The molecule has 5 heterocycles. The molecule has 37 heavy (non-hydrogen) atoms. The molecule has 1 aliphatic rings. The highest BCUT2D eigenvalue weighted by molar-refractivity contribution is 6.32. The molecule has 184 valence electrons. The minimum absolute atomic E-state index is 0.0452. The van der Waals surface area contributed by atoms with E-state index in [-0.39, 0.29) is 46.2 Å². The molecule has 0 saturated carbocycles. The molecular formula is C25H18ClFN8O2. The summed E-state index contributed by atoms with van der Waals surface area (Å²) in [7, 11) is 0. The fourth-order valence-electron chi connectivity index (χ4n) is 4.51. The van der Waals surface area contributed by atoms with Gasteiger partial charge in [0.2, 0.25) is 5.91 Å². The summed E-state index contributed by atoms with van der Waals surface area (Å²) in [6.45, 7) is 1.63. The molecular weight excluding hydrogens is 499 g/mol. The van der Waals surface area contributed by atoms with Crippen LogP contribution in [0.5, 0.6) is 5.75 Å². The number of nitrogen functional groups attached to an aromatic ring is 1. The topological polar surface area (TPSA) is 144 Å². The Hall–Kier alpha value is -4.64. The Morgan fingerprint density at radius 2 is 2.03 bits per heavy atom.